The number of rotatable bonds is 6. The van der Waals surface area contributed by atoms with E-state index < -0.39 is 4.92 Å². The summed E-state index contributed by atoms with van der Waals surface area (Å²) in [4.78, 5) is 19.6. The molecule has 0 bridgehead atoms. The molecule has 116 valence electrons. The van der Waals surface area contributed by atoms with E-state index in [-0.39, 0.29) is 30.6 Å². The number of aliphatic hydroxyl groups excluding tert-OH is 1. The van der Waals surface area contributed by atoms with Gasteiger partial charge >= 0.3 is 5.69 Å². The molecule has 0 fully saturated rings. The van der Waals surface area contributed by atoms with E-state index in [4.69, 9.17) is 17.3 Å². The molecule has 9 heteroatoms. The van der Waals surface area contributed by atoms with Crippen molar-refractivity contribution < 1.29 is 10.0 Å². The van der Waals surface area contributed by atoms with Crippen LogP contribution in [0.4, 0.5) is 17.5 Å². The van der Waals surface area contributed by atoms with Crippen molar-refractivity contribution >= 4 is 29.1 Å². The lowest BCUT2D eigenvalue weighted by molar-refractivity contribution is -0.384. The van der Waals surface area contributed by atoms with Crippen molar-refractivity contribution in [1.29, 1.82) is 0 Å². The fourth-order valence-corrected chi connectivity index (χ4v) is 2.11. The molecule has 0 aliphatic rings. The molecule has 0 radical (unpaired) electrons. The standard InChI is InChI=1S/C13H14ClN5O3/c14-10-3-1-2-9(6-10)8-18(4-5-20)13-16-7-11(19(21)22)12(15)17-13/h1-3,6-7,20H,4-5,8H2,(H2,15,16,17). The highest BCUT2D eigenvalue weighted by Crippen LogP contribution is 2.21. The van der Waals surface area contributed by atoms with Crippen molar-refractivity contribution in [2.24, 2.45) is 0 Å². The summed E-state index contributed by atoms with van der Waals surface area (Å²) in [5.74, 6) is -0.0128. The van der Waals surface area contributed by atoms with Crippen molar-refractivity contribution in [2.45, 2.75) is 6.54 Å². The summed E-state index contributed by atoms with van der Waals surface area (Å²) in [6.07, 6.45) is 1.06. The quantitative estimate of drug-likeness (QED) is 0.612. The Bertz CT molecular complexity index is 682. The second-order valence-corrected chi connectivity index (χ2v) is 4.91. The first kappa shape index (κ1) is 15.9. The monoisotopic (exact) mass is 323 g/mol. The number of hydrogen-bond acceptors (Lipinski definition) is 7. The Morgan fingerprint density at radius 2 is 2.23 bits per heavy atom. The molecule has 0 saturated carbocycles. The second-order valence-electron chi connectivity index (χ2n) is 4.47. The van der Waals surface area contributed by atoms with E-state index in [1.165, 1.54) is 0 Å². The van der Waals surface area contributed by atoms with Gasteiger partial charge in [-0.1, -0.05) is 23.7 Å². The highest BCUT2D eigenvalue weighted by molar-refractivity contribution is 6.30. The maximum absolute atomic E-state index is 10.7. The number of nitrogens with zero attached hydrogens (tertiary/aromatic N) is 4. The topological polar surface area (TPSA) is 118 Å². The molecule has 3 N–H and O–H groups in total. The third-order valence-electron chi connectivity index (χ3n) is 2.90. The number of aliphatic hydroxyl groups is 1. The zero-order valence-electron chi connectivity index (χ0n) is 11.5. The molecule has 0 aliphatic heterocycles. The number of nitro groups is 1. The largest absolute Gasteiger partial charge is 0.395 e. The molecular weight excluding hydrogens is 310 g/mol. The maximum atomic E-state index is 10.7. The van der Waals surface area contributed by atoms with Crippen molar-refractivity contribution in [3.63, 3.8) is 0 Å². The number of nitrogen functional groups attached to an aromatic ring is 1. The molecule has 0 spiro atoms. The van der Waals surface area contributed by atoms with Gasteiger partial charge in [0.2, 0.25) is 11.8 Å². The smallest absolute Gasteiger partial charge is 0.329 e. The number of anilines is 2. The van der Waals surface area contributed by atoms with Crippen LogP contribution in [0.3, 0.4) is 0 Å². The number of halogens is 1. The van der Waals surface area contributed by atoms with Gasteiger partial charge in [0, 0.05) is 18.1 Å². The van der Waals surface area contributed by atoms with Crippen LogP contribution in [-0.4, -0.2) is 33.1 Å². The van der Waals surface area contributed by atoms with Gasteiger partial charge in [0.25, 0.3) is 0 Å². The van der Waals surface area contributed by atoms with Crippen molar-refractivity contribution in [3.8, 4) is 0 Å². The summed E-state index contributed by atoms with van der Waals surface area (Å²) < 4.78 is 0. The first-order valence-electron chi connectivity index (χ1n) is 6.38. The van der Waals surface area contributed by atoms with Crippen LogP contribution < -0.4 is 10.6 Å². The first-order chi connectivity index (χ1) is 10.5. The van der Waals surface area contributed by atoms with Crippen LogP contribution in [0.2, 0.25) is 5.02 Å². The van der Waals surface area contributed by atoms with E-state index in [9.17, 15) is 15.2 Å². The molecule has 1 heterocycles. The summed E-state index contributed by atoms with van der Waals surface area (Å²) >= 11 is 5.94. The van der Waals surface area contributed by atoms with Gasteiger partial charge in [0.05, 0.1) is 11.5 Å². The van der Waals surface area contributed by atoms with E-state index in [0.29, 0.717) is 11.6 Å². The predicted octanol–water partition coefficient (Wildman–Crippen LogP) is 1.62. The van der Waals surface area contributed by atoms with E-state index in [1.54, 1.807) is 23.1 Å². The SMILES string of the molecule is Nc1nc(N(CCO)Cc2cccc(Cl)c2)ncc1[N+](=O)[O-]. The molecule has 2 aromatic rings. The Kier molecular flexibility index (Phi) is 5.08. The molecule has 0 aliphatic carbocycles. The lowest BCUT2D eigenvalue weighted by atomic mass is 10.2. The number of aromatic nitrogens is 2. The number of hydrogen-bond donors (Lipinski definition) is 2. The molecule has 8 nitrogen and oxygen atoms in total. The Labute approximate surface area is 131 Å². The van der Waals surface area contributed by atoms with E-state index in [0.717, 1.165) is 11.8 Å². The van der Waals surface area contributed by atoms with E-state index in [2.05, 4.69) is 9.97 Å². The summed E-state index contributed by atoms with van der Waals surface area (Å²) in [6, 6.07) is 7.20. The molecule has 1 aromatic heterocycles. The van der Waals surface area contributed by atoms with Gasteiger partial charge in [-0.15, -0.1) is 0 Å². The van der Waals surface area contributed by atoms with Crippen molar-refractivity contribution in [1.82, 2.24) is 9.97 Å². The Morgan fingerprint density at radius 3 is 2.82 bits per heavy atom. The van der Waals surface area contributed by atoms with Gasteiger partial charge in [-0.25, -0.2) is 4.98 Å². The van der Waals surface area contributed by atoms with E-state index in [1.807, 2.05) is 6.07 Å². The lowest BCUT2D eigenvalue weighted by Crippen LogP contribution is -2.28. The zero-order chi connectivity index (χ0) is 16.1. The summed E-state index contributed by atoms with van der Waals surface area (Å²) in [6.45, 7) is 0.517. The van der Waals surface area contributed by atoms with Gasteiger partial charge in [0.15, 0.2) is 0 Å². The third-order valence-corrected chi connectivity index (χ3v) is 3.13. The maximum Gasteiger partial charge on any atom is 0.329 e. The Morgan fingerprint density at radius 1 is 1.45 bits per heavy atom. The van der Waals surface area contributed by atoms with Gasteiger partial charge in [-0.2, -0.15) is 4.98 Å². The highest BCUT2D eigenvalue weighted by atomic mass is 35.5. The van der Waals surface area contributed by atoms with Crippen LogP contribution in [0, 0.1) is 10.1 Å². The van der Waals surface area contributed by atoms with Crippen molar-refractivity contribution in [2.75, 3.05) is 23.8 Å². The molecule has 22 heavy (non-hydrogen) atoms. The minimum atomic E-state index is -0.646. The molecule has 0 atom stereocenters. The van der Waals surface area contributed by atoms with Crippen molar-refractivity contribution in [3.05, 3.63) is 51.2 Å². The molecular formula is C13H14ClN5O3. The Balaban J connectivity index is 2.27. The third kappa shape index (κ3) is 3.80. The van der Waals surface area contributed by atoms with Crippen LogP contribution in [-0.2, 0) is 6.54 Å². The molecule has 0 amide bonds. The average Bonchev–Trinajstić information content (AvgIpc) is 2.46. The average molecular weight is 324 g/mol. The first-order valence-corrected chi connectivity index (χ1v) is 6.76. The number of benzene rings is 1. The minimum absolute atomic E-state index is 0.124. The van der Waals surface area contributed by atoms with Crippen LogP contribution in [0.5, 0.6) is 0 Å². The fraction of sp³-hybridized carbons (Fsp3) is 0.231. The minimum Gasteiger partial charge on any atom is -0.395 e. The van der Waals surface area contributed by atoms with Gasteiger partial charge < -0.3 is 15.7 Å². The summed E-state index contributed by atoms with van der Waals surface area (Å²) in [5.41, 5.74) is 6.11. The summed E-state index contributed by atoms with van der Waals surface area (Å²) in [7, 11) is 0. The highest BCUT2D eigenvalue weighted by Gasteiger charge is 2.17. The Hall–Kier alpha value is -2.45. The van der Waals surface area contributed by atoms with E-state index >= 15 is 0 Å². The molecule has 0 saturated heterocycles. The molecule has 1 aromatic carbocycles. The second kappa shape index (κ2) is 7.01. The number of nitrogens with two attached hydrogens (primary N) is 1. The normalized spacial score (nSPS) is 10.5. The lowest BCUT2D eigenvalue weighted by Gasteiger charge is -2.21. The van der Waals surface area contributed by atoms with Gasteiger partial charge in [0.1, 0.15) is 6.20 Å². The van der Waals surface area contributed by atoms with Crippen LogP contribution in [0.1, 0.15) is 5.56 Å². The van der Waals surface area contributed by atoms with Gasteiger partial charge in [-0.3, -0.25) is 10.1 Å². The van der Waals surface area contributed by atoms with Crippen LogP contribution in [0.25, 0.3) is 0 Å². The molecule has 0 unspecified atom stereocenters. The molecule has 2 rings (SSSR count). The van der Waals surface area contributed by atoms with Crippen LogP contribution in [0.15, 0.2) is 30.5 Å². The van der Waals surface area contributed by atoms with Crippen LogP contribution >= 0.6 is 11.6 Å². The van der Waals surface area contributed by atoms with Gasteiger partial charge in [-0.05, 0) is 17.7 Å². The summed E-state index contributed by atoms with van der Waals surface area (Å²) in [5, 5.41) is 20.5. The predicted molar refractivity (Wildman–Crippen MR) is 82.7 cm³/mol. The fourth-order valence-electron chi connectivity index (χ4n) is 1.90. The zero-order valence-corrected chi connectivity index (χ0v) is 12.3.